The van der Waals surface area contributed by atoms with Gasteiger partial charge in [0, 0.05) is 19.4 Å². The maximum Gasteiger partial charge on any atom is 0.226 e. The van der Waals surface area contributed by atoms with Gasteiger partial charge in [-0.15, -0.1) is 0 Å². The fourth-order valence-electron chi connectivity index (χ4n) is 4.61. The van der Waals surface area contributed by atoms with Crippen molar-refractivity contribution >= 4 is 5.91 Å². The van der Waals surface area contributed by atoms with E-state index in [1.165, 1.54) is 0 Å². The molecule has 154 valence electrons. The molecule has 0 aliphatic heterocycles. The molecule has 0 spiro atoms. The van der Waals surface area contributed by atoms with Gasteiger partial charge >= 0.3 is 0 Å². The van der Waals surface area contributed by atoms with Crippen LogP contribution in [0, 0.1) is 39.9 Å². The molecule has 1 fully saturated rings. The number of nitrogens with one attached hydrogen (secondary N) is 1. The van der Waals surface area contributed by atoms with Crippen molar-refractivity contribution < 1.29 is 9.53 Å². The Morgan fingerprint density at radius 1 is 1.07 bits per heavy atom. The third-order valence-corrected chi connectivity index (χ3v) is 6.07. The highest BCUT2D eigenvalue weighted by Gasteiger charge is 2.57. The van der Waals surface area contributed by atoms with Gasteiger partial charge in [0.05, 0.1) is 17.6 Å². The number of hydrogen-bond acceptors (Lipinski definition) is 4. The number of hydrogen-bond donors (Lipinski definition) is 1. The number of ether oxygens (including phenoxy) is 1. The molecule has 30 heavy (non-hydrogen) atoms. The molecule has 0 saturated heterocycles. The molecular formula is C25H27N3O2. The number of nitriles is 2. The smallest absolute Gasteiger partial charge is 0.226 e. The maximum atomic E-state index is 13.1. The Hall–Kier alpha value is -3.31. The highest BCUT2D eigenvalue weighted by Crippen LogP contribution is 2.57. The van der Waals surface area contributed by atoms with Gasteiger partial charge in [0.2, 0.25) is 5.91 Å². The Morgan fingerprint density at radius 3 is 2.37 bits per heavy atom. The predicted molar refractivity (Wildman–Crippen MR) is 114 cm³/mol. The normalized spacial score (nSPS) is 22.2. The van der Waals surface area contributed by atoms with Gasteiger partial charge in [-0.1, -0.05) is 43.7 Å². The number of nitrogens with zero attached hydrogens (tertiary/aromatic N) is 2. The van der Waals surface area contributed by atoms with Crippen LogP contribution in [0.5, 0.6) is 11.5 Å². The first-order chi connectivity index (χ1) is 14.6. The Balaban J connectivity index is 1.62. The summed E-state index contributed by atoms with van der Waals surface area (Å²) in [6.45, 7) is 2.49. The summed E-state index contributed by atoms with van der Waals surface area (Å²) < 4.78 is 5.80. The summed E-state index contributed by atoms with van der Waals surface area (Å²) in [5, 5.41) is 21.4. The summed E-state index contributed by atoms with van der Waals surface area (Å²) in [4.78, 5) is 13.1. The van der Waals surface area contributed by atoms with E-state index in [1.54, 1.807) is 0 Å². The van der Waals surface area contributed by atoms with E-state index < -0.39 is 5.41 Å². The van der Waals surface area contributed by atoms with Crippen molar-refractivity contribution in [3.05, 3.63) is 60.2 Å². The molecule has 0 bridgehead atoms. The van der Waals surface area contributed by atoms with Crippen molar-refractivity contribution in [2.45, 2.75) is 45.6 Å². The Kier molecular flexibility index (Phi) is 7.09. The summed E-state index contributed by atoms with van der Waals surface area (Å²) in [5.74, 6) is 1.63. The van der Waals surface area contributed by atoms with Crippen LogP contribution in [0.1, 0.15) is 44.6 Å². The molecule has 2 aromatic rings. The monoisotopic (exact) mass is 401 g/mol. The summed E-state index contributed by atoms with van der Waals surface area (Å²) in [5.41, 5.74) is 0.461. The number of benzene rings is 2. The fraction of sp³-hybridized carbons (Fsp3) is 0.400. The number of para-hydroxylation sites is 1. The van der Waals surface area contributed by atoms with Crippen LogP contribution in [0.15, 0.2) is 54.6 Å². The molecule has 0 radical (unpaired) electrons. The van der Waals surface area contributed by atoms with Crippen LogP contribution >= 0.6 is 0 Å². The molecule has 0 aromatic heterocycles. The number of rotatable bonds is 9. The fourth-order valence-corrected chi connectivity index (χ4v) is 4.61. The lowest BCUT2D eigenvalue weighted by molar-refractivity contribution is -0.150. The van der Waals surface area contributed by atoms with Crippen molar-refractivity contribution in [1.29, 1.82) is 10.5 Å². The lowest BCUT2D eigenvalue weighted by atomic mass is 9.50. The largest absolute Gasteiger partial charge is 0.457 e. The first-order valence-corrected chi connectivity index (χ1v) is 10.5. The van der Waals surface area contributed by atoms with Crippen molar-refractivity contribution in [2.24, 2.45) is 17.3 Å². The van der Waals surface area contributed by atoms with E-state index >= 15 is 0 Å². The molecule has 5 heteroatoms. The molecule has 0 heterocycles. The maximum absolute atomic E-state index is 13.1. The van der Waals surface area contributed by atoms with Crippen molar-refractivity contribution in [1.82, 2.24) is 5.32 Å². The Bertz CT molecular complexity index is 928. The number of carbonyl (C=O) groups excluding carboxylic acids is 1. The average Bonchev–Trinajstić information content (AvgIpc) is 2.76. The number of amides is 1. The predicted octanol–water partition coefficient (Wildman–Crippen LogP) is 5.35. The van der Waals surface area contributed by atoms with Crippen LogP contribution in [0.4, 0.5) is 0 Å². The van der Waals surface area contributed by atoms with E-state index in [2.05, 4.69) is 24.4 Å². The van der Waals surface area contributed by atoms with Gasteiger partial charge in [-0.05, 0) is 54.5 Å². The first-order valence-electron chi connectivity index (χ1n) is 10.5. The van der Waals surface area contributed by atoms with E-state index in [-0.39, 0.29) is 17.7 Å². The highest BCUT2D eigenvalue weighted by molar-refractivity contribution is 5.84. The second kappa shape index (κ2) is 9.94. The zero-order valence-electron chi connectivity index (χ0n) is 17.3. The summed E-state index contributed by atoms with van der Waals surface area (Å²) in [7, 11) is 0. The van der Waals surface area contributed by atoms with E-state index in [0.717, 1.165) is 29.9 Å². The average molecular weight is 402 g/mol. The van der Waals surface area contributed by atoms with E-state index in [9.17, 15) is 10.1 Å². The van der Waals surface area contributed by atoms with E-state index in [0.29, 0.717) is 25.8 Å². The third-order valence-electron chi connectivity index (χ3n) is 6.07. The molecular weight excluding hydrogens is 374 g/mol. The molecule has 3 rings (SSSR count). The quantitative estimate of drug-likeness (QED) is 0.614. The van der Waals surface area contributed by atoms with Gasteiger partial charge in [-0.25, -0.2) is 0 Å². The molecule has 3 atom stereocenters. The van der Waals surface area contributed by atoms with Crippen LogP contribution in [0.25, 0.3) is 0 Å². The first kappa shape index (κ1) is 21.4. The zero-order chi connectivity index (χ0) is 21.4. The van der Waals surface area contributed by atoms with Gasteiger partial charge in [0.25, 0.3) is 0 Å². The minimum absolute atomic E-state index is 0.00315. The van der Waals surface area contributed by atoms with Crippen LogP contribution in [-0.2, 0) is 11.3 Å². The van der Waals surface area contributed by atoms with Crippen LogP contribution in [-0.4, -0.2) is 5.91 Å². The molecule has 1 saturated carbocycles. The molecule has 1 amide bonds. The second-order valence-corrected chi connectivity index (χ2v) is 7.94. The zero-order valence-corrected chi connectivity index (χ0v) is 17.3. The number of carbonyl (C=O) groups is 1. The standard InChI is InChI=1S/C25H27N3O2/c1-2-14-25(17-20(12-15-26)23(25)13-16-27)24(29)28-18-19-8-10-22(11-9-19)30-21-6-4-3-5-7-21/h3-11,20,23H,2,12-14,17-18H2,1H3,(H,28,29). The van der Waals surface area contributed by atoms with E-state index in [4.69, 9.17) is 10.00 Å². The molecule has 1 N–H and O–H groups in total. The van der Waals surface area contributed by atoms with Crippen LogP contribution < -0.4 is 10.1 Å². The molecule has 3 unspecified atom stereocenters. The lowest BCUT2D eigenvalue weighted by Crippen LogP contribution is -2.56. The molecule has 1 aliphatic carbocycles. The Morgan fingerprint density at radius 2 is 1.73 bits per heavy atom. The lowest BCUT2D eigenvalue weighted by Gasteiger charge is -2.53. The summed E-state index contributed by atoms with van der Waals surface area (Å²) in [6, 6.07) is 21.7. The molecule has 1 aliphatic rings. The minimum atomic E-state index is -0.525. The Labute approximate surface area is 178 Å². The van der Waals surface area contributed by atoms with Crippen molar-refractivity contribution in [3.63, 3.8) is 0 Å². The second-order valence-electron chi connectivity index (χ2n) is 7.94. The van der Waals surface area contributed by atoms with Crippen molar-refractivity contribution in [3.8, 4) is 23.6 Å². The third kappa shape index (κ3) is 4.63. The topological polar surface area (TPSA) is 85.9 Å². The van der Waals surface area contributed by atoms with Gasteiger partial charge in [0.1, 0.15) is 11.5 Å². The SMILES string of the molecule is CCCC1(C(=O)NCc2ccc(Oc3ccccc3)cc2)CC(CC#N)C1CC#N. The molecule has 2 aromatic carbocycles. The summed E-state index contributed by atoms with van der Waals surface area (Å²) in [6.07, 6.45) is 3.05. The van der Waals surface area contributed by atoms with Gasteiger partial charge in [-0.3, -0.25) is 4.79 Å². The van der Waals surface area contributed by atoms with E-state index in [1.807, 2.05) is 54.6 Å². The molecule has 5 nitrogen and oxygen atoms in total. The van der Waals surface area contributed by atoms with Gasteiger partial charge < -0.3 is 10.1 Å². The minimum Gasteiger partial charge on any atom is -0.457 e. The summed E-state index contributed by atoms with van der Waals surface area (Å²) >= 11 is 0. The van der Waals surface area contributed by atoms with Crippen LogP contribution in [0.2, 0.25) is 0 Å². The van der Waals surface area contributed by atoms with Crippen molar-refractivity contribution in [2.75, 3.05) is 0 Å². The van der Waals surface area contributed by atoms with Gasteiger partial charge in [-0.2, -0.15) is 10.5 Å². The highest BCUT2D eigenvalue weighted by atomic mass is 16.5. The van der Waals surface area contributed by atoms with Crippen LogP contribution in [0.3, 0.4) is 0 Å². The van der Waals surface area contributed by atoms with Gasteiger partial charge in [0.15, 0.2) is 0 Å².